The highest BCUT2D eigenvalue weighted by atomic mass is 31.1. The maximum atomic E-state index is 11.2. The van der Waals surface area contributed by atoms with E-state index in [4.69, 9.17) is 0 Å². The van der Waals surface area contributed by atoms with Crippen molar-refractivity contribution in [3.05, 3.63) is 0 Å². The second-order valence-corrected chi connectivity index (χ2v) is 3.89. The molecule has 64 valence electrons. The zero-order valence-corrected chi connectivity index (χ0v) is 8.26. The summed E-state index contributed by atoms with van der Waals surface area (Å²) >= 11 is 0. The minimum absolute atomic E-state index is 0.0286. The number of carbonyl (C=O) groups excluding carboxylic acids is 1. The summed E-state index contributed by atoms with van der Waals surface area (Å²) < 4.78 is 10.4. The van der Waals surface area contributed by atoms with E-state index in [9.17, 15) is 9.36 Å². The number of rotatable bonds is 3. The quantitative estimate of drug-likeness (QED) is 0.608. The van der Waals surface area contributed by atoms with Crippen LogP contribution in [0.5, 0.6) is 0 Å². The van der Waals surface area contributed by atoms with Crippen LogP contribution in [0.1, 0.15) is 13.8 Å². The van der Waals surface area contributed by atoms with Gasteiger partial charge < -0.3 is 4.90 Å². The van der Waals surface area contributed by atoms with Crippen molar-refractivity contribution in [3.63, 3.8) is 0 Å². The summed E-state index contributed by atoms with van der Waals surface area (Å²) in [5.41, 5.74) is -0.0927. The molecule has 0 rings (SSSR count). The first-order valence-corrected chi connectivity index (χ1v) is 4.42. The van der Waals surface area contributed by atoms with Gasteiger partial charge in [0.1, 0.15) is 0 Å². The molecule has 0 fully saturated rings. The lowest BCUT2D eigenvalue weighted by Crippen LogP contribution is -2.31. The van der Waals surface area contributed by atoms with Crippen molar-refractivity contribution in [2.45, 2.75) is 19.5 Å². The number of hydrogen-bond donors (Lipinski definition) is 0. The Kier molecular flexibility index (Phi) is 4.27. The first-order valence-electron chi connectivity index (χ1n) is 3.54. The molecular formula is C7H14NO2P. The van der Waals surface area contributed by atoms with Crippen LogP contribution in [0.15, 0.2) is 0 Å². The molecule has 2 unspecified atom stereocenters. The van der Waals surface area contributed by atoms with Crippen LogP contribution in [0.25, 0.3) is 0 Å². The van der Waals surface area contributed by atoms with Crippen molar-refractivity contribution < 1.29 is 9.36 Å². The lowest BCUT2D eigenvalue weighted by atomic mass is 10.1. The Morgan fingerprint density at radius 3 is 2.09 bits per heavy atom. The second kappa shape index (κ2) is 4.45. The van der Waals surface area contributed by atoms with Crippen molar-refractivity contribution >= 4 is 14.4 Å². The molecule has 3 nitrogen and oxygen atoms in total. The molecule has 0 aromatic carbocycles. The van der Waals surface area contributed by atoms with Crippen molar-refractivity contribution in [3.8, 4) is 0 Å². The third-order valence-corrected chi connectivity index (χ3v) is 2.50. The van der Waals surface area contributed by atoms with E-state index in [-0.39, 0.29) is 25.9 Å². The van der Waals surface area contributed by atoms with Crippen molar-refractivity contribution in [2.24, 2.45) is 5.92 Å². The Bertz CT molecular complexity index is 159. The molecule has 2 atom stereocenters. The van der Waals surface area contributed by atoms with E-state index in [0.29, 0.717) is 0 Å². The molecule has 0 spiro atoms. The van der Waals surface area contributed by atoms with Crippen LogP contribution >= 0.6 is 8.46 Å². The average molecular weight is 175 g/mol. The molecule has 0 aliphatic heterocycles. The summed E-state index contributed by atoms with van der Waals surface area (Å²) in [7, 11) is 3.44. The van der Waals surface area contributed by atoms with Gasteiger partial charge in [0.05, 0.1) is 0 Å². The largest absolute Gasteiger partial charge is 0.349 e. The number of hydrogen-bond acceptors (Lipinski definition) is 2. The van der Waals surface area contributed by atoms with Crippen LogP contribution in [0.4, 0.5) is 0 Å². The molecule has 4 heteroatoms. The molecule has 0 saturated carbocycles. The fourth-order valence-electron chi connectivity index (χ4n) is 0.705. The first kappa shape index (κ1) is 10.6. The van der Waals surface area contributed by atoms with Crippen LogP contribution in [0.3, 0.4) is 0 Å². The molecule has 0 radical (unpaired) electrons. The summed E-state index contributed by atoms with van der Waals surface area (Å²) in [5, 5.41) is 0. The molecule has 0 aliphatic carbocycles. The van der Waals surface area contributed by atoms with E-state index in [2.05, 4.69) is 0 Å². The molecular weight excluding hydrogens is 161 g/mol. The van der Waals surface area contributed by atoms with E-state index in [1.54, 1.807) is 27.9 Å². The van der Waals surface area contributed by atoms with Crippen LogP contribution in [0.2, 0.25) is 0 Å². The number of carbonyl (C=O) groups is 1. The highest BCUT2D eigenvalue weighted by molar-refractivity contribution is 7.24. The zero-order chi connectivity index (χ0) is 9.02. The van der Waals surface area contributed by atoms with Gasteiger partial charge in [-0.15, -0.1) is 0 Å². The van der Waals surface area contributed by atoms with Crippen LogP contribution < -0.4 is 0 Å². The summed E-state index contributed by atoms with van der Waals surface area (Å²) in [6, 6.07) is 0. The fourth-order valence-corrected chi connectivity index (χ4v) is 1.01. The van der Waals surface area contributed by atoms with Crippen LogP contribution in [-0.2, 0) is 9.36 Å². The Morgan fingerprint density at radius 2 is 1.82 bits per heavy atom. The Morgan fingerprint density at radius 1 is 1.36 bits per heavy atom. The van der Waals surface area contributed by atoms with Crippen molar-refractivity contribution in [1.82, 2.24) is 4.90 Å². The zero-order valence-electron chi connectivity index (χ0n) is 7.37. The molecule has 1 amide bonds. The molecule has 0 aliphatic rings. The van der Waals surface area contributed by atoms with Crippen molar-refractivity contribution in [2.75, 3.05) is 14.1 Å². The number of nitrogens with zero attached hydrogens (tertiary/aromatic N) is 1. The third kappa shape index (κ3) is 2.98. The van der Waals surface area contributed by atoms with Gasteiger partial charge in [0, 0.05) is 25.7 Å². The first-order chi connectivity index (χ1) is 5.00. The van der Waals surface area contributed by atoms with Gasteiger partial charge in [0.25, 0.3) is 0 Å². The summed E-state index contributed by atoms with van der Waals surface area (Å²) in [5.74, 6) is -0.134. The summed E-state index contributed by atoms with van der Waals surface area (Å²) in [6.45, 7) is 3.58. The van der Waals surface area contributed by atoms with E-state index in [0.717, 1.165) is 0 Å². The monoisotopic (exact) mass is 175 g/mol. The van der Waals surface area contributed by atoms with E-state index in [1.807, 2.05) is 0 Å². The molecule has 0 aromatic heterocycles. The Hall–Kier alpha value is -0.430. The number of amides is 1. The van der Waals surface area contributed by atoms with Gasteiger partial charge in [-0.3, -0.25) is 9.36 Å². The van der Waals surface area contributed by atoms with Gasteiger partial charge in [-0.1, -0.05) is 13.8 Å². The van der Waals surface area contributed by atoms with Crippen LogP contribution in [0, 0.1) is 5.92 Å². The van der Waals surface area contributed by atoms with Gasteiger partial charge in [0.2, 0.25) is 5.91 Å². The molecule has 11 heavy (non-hydrogen) atoms. The smallest absolute Gasteiger partial charge is 0.225 e. The van der Waals surface area contributed by atoms with Crippen LogP contribution in [-0.4, -0.2) is 30.6 Å². The van der Waals surface area contributed by atoms with E-state index in [1.165, 1.54) is 4.90 Å². The standard InChI is InChI=1S/C7H14NO2P/c1-5(6(2)11-10)7(9)8(3)4/h5-6H,1-4H3. The molecule has 0 N–H and O–H groups in total. The molecule has 0 heterocycles. The minimum Gasteiger partial charge on any atom is -0.349 e. The molecule has 0 bridgehead atoms. The summed E-state index contributed by atoms with van der Waals surface area (Å²) in [4.78, 5) is 12.7. The maximum absolute atomic E-state index is 11.2. The van der Waals surface area contributed by atoms with Gasteiger partial charge in [-0.2, -0.15) is 0 Å². The average Bonchev–Trinajstić information content (AvgIpc) is 2.00. The molecule has 0 aromatic rings. The maximum Gasteiger partial charge on any atom is 0.225 e. The SMILES string of the molecule is CC(P=O)C(C)C(=O)N(C)C. The minimum atomic E-state index is -0.163. The van der Waals surface area contributed by atoms with E-state index >= 15 is 0 Å². The van der Waals surface area contributed by atoms with Gasteiger partial charge in [-0.05, 0) is 0 Å². The molecule has 0 saturated heterocycles. The van der Waals surface area contributed by atoms with Gasteiger partial charge in [0.15, 0.2) is 8.46 Å². The Balaban J connectivity index is 4.12. The van der Waals surface area contributed by atoms with Gasteiger partial charge in [-0.25, -0.2) is 0 Å². The van der Waals surface area contributed by atoms with Crippen molar-refractivity contribution in [1.29, 1.82) is 0 Å². The lowest BCUT2D eigenvalue weighted by Gasteiger charge is -2.17. The topological polar surface area (TPSA) is 37.4 Å². The summed E-state index contributed by atoms with van der Waals surface area (Å²) in [6.07, 6.45) is 0. The van der Waals surface area contributed by atoms with E-state index < -0.39 is 0 Å². The highest BCUT2D eigenvalue weighted by Gasteiger charge is 2.21. The second-order valence-electron chi connectivity index (χ2n) is 2.87. The lowest BCUT2D eigenvalue weighted by molar-refractivity contribution is -0.132. The Labute approximate surface area is 69.0 Å². The predicted octanol–water partition coefficient (Wildman–Crippen LogP) is 1.39. The van der Waals surface area contributed by atoms with Gasteiger partial charge >= 0.3 is 0 Å². The highest BCUT2D eigenvalue weighted by Crippen LogP contribution is 2.17. The third-order valence-electron chi connectivity index (χ3n) is 1.72. The predicted molar refractivity (Wildman–Crippen MR) is 44.9 cm³/mol. The fraction of sp³-hybridized carbons (Fsp3) is 0.857. The normalized spacial score (nSPS) is 16.0.